The highest BCUT2D eigenvalue weighted by molar-refractivity contribution is 7.91. The van der Waals surface area contributed by atoms with Gasteiger partial charge in [-0.05, 0) is 25.5 Å². The molecule has 0 heterocycles. The Kier molecular flexibility index (Phi) is 3.96. The van der Waals surface area contributed by atoms with Gasteiger partial charge >= 0.3 is 0 Å². The average Bonchev–Trinajstić information content (AvgIpc) is 2.18. The highest BCUT2D eigenvalue weighted by atomic mass is 32.2. The molecule has 15 heavy (non-hydrogen) atoms. The second-order valence-corrected chi connectivity index (χ2v) is 5.48. The Hall–Kier alpha value is -1.23. The Morgan fingerprint density at radius 1 is 1.27 bits per heavy atom. The van der Waals surface area contributed by atoms with E-state index in [0.29, 0.717) is 11.3 Å². The molecule has 0 aliphatic carbocycles. The van der Waals surface area contributed by atoms with E-state index in [1.165, 1.54) is 0 Å². The summed E-state index contributed by atoms with van der Waals surface area (Å²) in [5.41, 5.74) is 7.61. The molecule has 0 bridgehead atoms. The first-order chi connectivity index (χ1) is 7.06. The van der Waals surface area contributed by atoms with Gasteiger partial charge in [-0.15, -0.1) is 0 Å². The second-order valence-electron chi connectivity index (χ2n) is 3.37. The number of benzene rings is 1. The molecule has 1 N–H and O–H groups in total. The monoisotopic (exact) mass is 226 g/mol. The minimum Gasteiger partial charge on any atom is -0.224 e. The van der Waals surface area contributed by atoms with E-state index in [-0.39, 0.29) is 12.3 Å². The third kappa shape index (κ3) is 3.43. The maximum Gasteiger partial charge on any atom is 0.178 e. The third-order valence-electron chi connectivity index (χ3n) is 2.06. The molecular weight excluding hydrogens is 212 g/mol. The Labute approximate surface area is 89.8 Å². The van der Waals surface area contributed by atoms with E-state index in [9.17, 15) is 8.42 Å². The van der Waals surface area contributed by atoms with Gasteiger partial charge in [-0.3, -0.25) is 0 Å². The van der Waals surface area contributed by atoms with Crippen LogP contribution in [0.2, 0.25) is 0 Å². The molecule has 0 atom stereocenters. The van der Waals surface area contributed by atoms with Crippen LogP contribution in [0, 0.1) is 12.5 Å². The minimum atomic E-state index is -3.19. The summed E-state index contributed by atoms with van der Waals surface area (Å²) >= 11 is 0. The van der Waals surface area contributed by atoms with Crippen LogP contribution >= 0.6 is 0 Å². The number of hydrogen-bond acceptors (Lipinski definition) is 4. The predicted molar refractivity (Wildman–Crippen MR) is 57.9 cm³/mol. The van der Waals surface area contributed by atoms with Crippen molar-refractivity contribution in [2.75, 3.05) is 12.3 Å². The van der Waals surface area contributed by atoms with E-state index in [2.05, 4.69) is 5.11 Å². The van der Waals surface area contributed by atoms with Crippen LogP contribution in [-0.2, 0) is 9.84 Å². The SMILES string of the molecule is Cc1ccc(S(=O)(=O)CCCN=N)cc1. The quantitative estimate of drug-likeness (QED) is 0.617. The van der Waals surface area contributed by atoms with E-state index < -0.39 is 9.84 Å². The highest BCUT2D eigenvalue weighted by Crippen LogP contribution is 2.12. The molecule has 4 nitrogen and oxygen atoms in total. The van der Waals surface area contributed by atoms with Crippen molar-refractivity contribution in [1.29, 1.82) is 5.53 Å². The van der Waals surface area contributed by atoms with Crippen molar-refractivity contribution >= 4 is 9.84 Å². The smallest absolute Gasteiger partial charge is 0.178 e. The van der Waals surface area contributed by atoms with Gasteiger partial charge in [-0.25, -0.2) is 13.9 Å². The molecule has 0 aliphatic heterocycles. The van der Waals surface area contributed by atoms with Gasteiger partial charge in [0.15, 0.2) is 9.84 Å². The van der Waals surface area contributed by atoms with E-state index in [0.717, 1.165) is 5.56 Å². The highest BCUT2D eigenvalue weighted by Gasteiger charge is 2.12. The predicted octanol–water partition coefficient (Wildman–Crippen LogP) is 2.19. The Bertz CT molecular complexity index is 423. The summed E-state index contributed by atoms with van der Waals surface area (Å²) in [5, 5.41) is 3.13. The molecular formula is C10H14N2O2S. The summed E-state index contributed by atoms with van der Waals surface area (Å²) in [5.74, 6) is 0.0540. The zero-order valence-corrected chi connectivity index (χ0v) is 9.42. The Morgan fingerprint density at radius 3 is 2.40 bits per heavy atom. The van der Waals surface area contributed by atoms with Crippen LogP contribution in [-0.4, -0.2) is 20.7 Å². The van der Waals surface area contributed by atoms with Crippen molar-refractivity contribution < 1.29 is 8.42 Å². The van der Waals surface area contributed by atoms with Crippen molar-refractivity contribution in [3.8, 4) is 0 Å². The van der Waals surface area contributed by atoms with Crippen molar-refractivity contribution in [1.82, 2.24) is 0 Å². The van der Waals surface area contributed by atoms with Crippen LogP contribution in [0.3, 0.4) is 0 Å². The second kappa shape index (κ2) is 5.02. The molecule has 0 aromatic heterocycles. The van der Waals surface area contributed by atoms with Crippen LogP contribution < -0.4 is 0 Å². The molecule has 0 unspecified atom stereocenters. The normalized spacial score (nSPS) is 11.3. The van der Waals surface area contributed by atoms with Gasteiger partial charge in [0, 0.05) is 0 Å². The molecule has 1 rings (SSSR count). The van der Waals surface area contributed by atoms with E-state index in [1.807, 2.05) is 6.92 Å². The van der Waals surface area contributed by atoms with Gasteiger partial charge in [-0.1, -0.05) is 17.7 Å². The van der Waals surface area contributed by atoms with Gasteiger partial charge in [0.05, 0.1) is 17.2 Å². The average molecular weight is 226 g/mol. The first-order valence-corrected chi connectivity index (χ1v) is 6.34. The summed E-state index contributed by atoms with van der Waals surface area (Å²) in [6, 6.07) is 6.79. The van der Waals surface area contributed by atoms with Gasteiger partial charge in [0.1, 0.15) is 0 Å². The van der Waals surface area contributed by atoms with Crippen LogP contribution in [0.1, 0.15) is 12.0 Å². The number of hydrogen-bond donors (Lipinski definition) is 1. The lowest BCUT2D eigenvalue weighted by Crippen LogP contribution is -2.07. The van der Waals surface area contributed by atoms with Crippen molar-refractivity contribution in [2.45, 2.75) is 18.2 Å². The topological polar surface area (TPSA) is 70.3 Å². The zero-order chi connectivity index (χ0) is 11.3. The molecule has 0 spiro atoms. The number of aryl methyl sites for hydroxylation is 1. The summed E-state index contributed by atoms with van der Waals surface area (Å²) in [4.78, 5) is 0.345. The fourth-order valence-corrected chi connectivity index (χ4v) is 2.49. The minimum absolute atomic E-state index is 0.0540. The van der Waals surface area contributed by atoms with E-state index >= 15 is 0 Å². The van der Waals surface area contributed by atoms with Crippen LogP contribution in [0.25, 0.3) is 0 Å². The van der Waals surface area contributed by atoms with Gasteiger partial charge < -0.3 is 0 Å². The molecule has 0 saturated carbocycles. The largest absolute Gasteiger partial charge is 0.224 e. The first kappa shape index (κ1) is 11.8. The molecule has 5 heteroatoms. The molecule has 0 aliphatic rings. The number of nitrogens with zero attached hydrogens (tertiary/aromatic N) is 1. The zero-order valence-electron chi connectivity index (χ0n) is 8.60. The molecule has 0 fully saturated rings. The molecule has 0 radical (unpaired) electrons. The first-order valence-electron chi connectivity index (χ1n) is 4.69. The van der Waals surface area contributed by atoms with Crippen molar-refractivity contribution in [3.05, 3.63) is 29.8 Å². The Morgan fingerprint density at radius 2 is 1.87 bits per heavy atom. The van der Waals surface area contributed by atoms with Crippen molar-refractivity contribution in [3.63, 3.8) is 0 Å². The third-order valence-corrected chi connectivity index (χ3v) is 3.88. The lowest BCUT2D eigenvalue weighted by atomic mass is 10.2. The Balaban J connectivity index is 2.77. The standard InChI is InChI=1S/C10H14N2O2S/c1-9-3-5-10(6-4-9)15(13,14)8-2-7-12-11/h3-6,11H,2,7-8H2,1H3. The number of sulfone groups is 1. The number of rotatable bonds is 5. The molecule has 0 saturated heterocycles. The lowest BCUT2D eigenvalue weighted by molar-refractivity contribution is 0.593. The maximum atomic E-state index is 11.7. The maximum absolute atomic E-state index is 11.7. The van der Waals surface area contributed by atoms with Crippen LogP contribution in [0.15, 0.2) is 34.3 Å². The summed E-state index contributed by atoms with van der Waals surface area (Å²) in [6.07, 6.45) is 0.402. The summed E-state index contributed by atoms with van der Waals surface area (Å²) in [6.45, 7) is 2.18. The van der Waals surface area contributed by atoms with Gasteiger partial charge in [0.2, 0.25) is 0 Å². The summed E-state index contributed by atoms with van der Waals surface area (Å²) < 4.78 is 23.4. The van der Waals surface area contributed by atoms with E-state index in [4.69, 9.17) is 5.53 Å². The van der Waals surface area contributed by atoms with Gasteiger partial charge in [0.25, 0.3) is 0 Å². The lowest BCUT2D eigenvalue weighted by Gasteiger charge is -2.03. The number of nitrogens with one attached hydrogen (secondary N) is 1. The summed E-state index contributed by atoms with van der Waals surface area (Å²) in [7, 11) is -3.19. The molecule has 1 aromatic carbocycles. The fraction of sp³-hybridized carbons (Fsp3) is 0.400. The fourth-order valence-electron chi connectivity index (χ4n) is 1.20. The van der Waals surface area contributed by atoms with Gasteiger partial charge in [-0.2, -0.15) is 5.11 Å². The van der Waals surface area contributed by atoms with Crippen molar-refractivity contribution in [2.24, 2.45) is 5.11 Å². The van der Waals surface area contributed by atoms with Crippen LogP contribution in [0.4, 0.5) is 0 Å². The molecule has 1 aromatic rings. The van der Waals surface area contributed by atoms with Crippen LogP contribution in [0.5, 0.6) is 0 Å². The van der Waals surface area contributed by atoms with E-state index in [1.54, 1.807) is 24.3 Å². The molecule has 82 valence electrons. The molecule has 0 amide bonds.